The van der Waals surface area contributed by atoms with Crippen LogP contribution in [-0.2, 0) is 16.6 Å². The van der Waals surface area contributed by atoms with Crippen LogP contribution in [0.25, 0.3) is 0 Å². The molecule has 0 radical (unpaired) electrons. The Hall–Kier alpha value is -1.83. The van der Waals surface area contributed by atoms with Crippen molar-refractivity contribution >= 4 is 27.7 Å². The van der Waals surface area contributed by atoms with Gasteiger partial charge >= 0.3 is 0 Å². The van der Waals surface area contributed by atoms with Crippen molar-refractivity contribution in [1.82, 2.24) is 9.21 Å². The molecule has 2 aromatic carbocycles. The van der Waals surface area contributed by atoms with Gasteiger partial charge in [-0.2, -0.15) is 4.31 Å². The first-order chi connectivity index (χ1) is 13.3. The molecule has 0 spiro atoms. The van der Waals surface area contributed by atoms with Gasteiger partial charge in [0.2, 0.25) is 10.0 Å². The lowest BCUT2D eigenvalue weighted by molar-refractivity contribution is 0.0784. The van der Waals surface area contributed by atoms with Gasteiger partial charge in [0.1, 0.15) is 0 Å². The molecular formula is C21H26N2O3S2. The Bertz CT molecular complexity index is 950. The maximum atomic E-state index is 13.0. The first kappa shape index (κ1) is 20.9. The minimum Gasteiger partial charge on any atom is -0.337 e. The Morgan fingerprint density at radius 2 is 1.75 bits per heavy atom. The first-order valence-corrected chi connectivity index (χ1v) is 12.0. The molecule has 0 unspecified atom stereocenters. The highest BCUT2D eigenvalue weighted by Gasteiger charge is 2.28. The van der Waals surface area contributed by atoms with Crippen LogP contribution >= 0.6 is 11.8 Å². The number of nitrogens with zero attached hydrogens (tertiary/aromatic N) is 2. The summed E-state index contributed by atoms with van der Waals surface area (Å²) < 4.78 is 27.2. The van der Waals surface area contributed by atoms with Crippen LogP contribution in [0.2, 0.25) is 0 Å². The lowest BCUT2D eigenvalue weighted by Gasteiger charge is -2.20. The minimum absolute atomic E-state index is 0.176. The summed E-state index contributed by atoms with van der Waals surface area (Å²) in [7, 11) is -1.80. The second kappa shape index (κ2) is 8.68. The summed E-state index contributed by atoms with van der Waals surface area (Å²) in [5.41, 5.74) is 2.24. The SMILES string of the molecule is CSc1ccc(CN(C)C(=O)c2cc(S(=O)(=O)N3CCCC3)ccc2C)cc1. The van der Waals surface area contributed by atoms with Crippen molar-refractivity contribution in [3.63, 3.8) is 0 Å². The van der Waals surface area contributed by atoms with Gasteiger partial charge in [-0.15, -0.1) is 11.8 Å². The van der Waals surface area contributed by atoms with Crippen molar-refractivity contribution in [3.05, 3.63) is 59.2 Å². The van der Waals surface area contributed by atoms with Crippen molar-refractivity contribution in [2.75, 3.05) is 26.4 Å². The van der Waals surface area contributed by atoms with Gasteiger partial charge in [-0.3, -0.25) is 4.79 Å². The van der Waals surface area contributed by atoms with Crippen LogP contribution in [-0.4, -0.2) is 49.9 Å². The van der Waals surface area contributed by atoms with Gasteiger partial charge in [-0.05, 0) is 61.4 Å². The number of benzene rings is 2. The van der Waals surface area contributed by atoms with Crippen LogP contribution in [0.15, 0.2) is 52.3 Å². The molecule has 3 rings (SSSR count). The molecule has 1 aliphatic heterocycles. The van der Waals surface area contributed by atoms with E-state index in [0.717, 1.165) is 24.0 Å². The first-order valence-electron chi connectivity index (χ1n) is 9.32. The molecule has 0 atom stereocenters. The van der Waals surface area contributed by atoms with Crippen LogP contribution in [0.4, 0.5) is 0 Å². The number of hydrogen-bond donors (Lipinski definition) is 0. The van der Waals surface area contributed by atoms with Gasteiger partial charge in [0.05, 0.1) is 4.90 Å². The van der Waals surface area contributed by atoms with Crippen LogP contribution in [0, 0.1) is 6.92 Å². The summed E-state index contributed by atoms with van der Waals surface area (Å²) in [6.07, 6.45) is 3.79. The van der Waals surface area contributed by atoms with Crippen molar-refractivity contribution in [3.8, 4) is 0 Å². The summed E-state index contributed by atoms with van der Waals surface area (Å²) in [6.45, 7) is 3.40. The van der Waals surface area contributed by atoms with Gasteiger partial charge in [0.25, 0.3) is 5.91 Å². The molecule has 1 fully saturated rings. The summed E-state index contributed by atoms with van der Waals surface area (Å²) in [5, 5.41) is 0. The molecule has 1 saturated heterocycles. The number of rotatable bonds is 6. The molecule has 1 amide bonds. The fourth-order valence-electron chi connectivity index (χ4n) is 3.35. The summed E-state index contributed by atoms with van der Waals surface area (Å²) in [6, 6.07) is 12.9. The van der Waals surface area contributed by atoms with Gasteiger partial charge in [-0.25, -0.2) is 8.42 Å². The zero-order valence-corrected chi connectivity index (χ0v) is 18.1. The molecule has 0 bridgehead atoms. The third-order valence-corrected chi connectivity index (χ3v) is 7.71. The van der Waals surface area contributed by atoms with E-state index in [1.165, 1.54) is 15.3 Å². The third kappa shape index (κ3) is 4.42. The average molecular weight is 419 g/mol. The smallest absolute Gasteiger partial charge is 0.254 e. The highest BCUT2D eigenvalue weighted by molar-refractivity contribution is 7.98. The standard InChI is InChI=1S/C21H26N2O3S2/c1-16-6-11-19(28(25,26)23-12-4-5-13-23)14-20(16)21(24)22(2)15-17-7-9-18(27-3)10-8-17/h6-11,14H,4-5,12-13,15H2,1-3H3. The lowest BCUT2D eigenvalue weighted by Crippen LogP contribution is -2.29. The number of carbonyl (C=O) groups excluding carboxylic acids is 1. The molecule has 0 aromatic heterocycles. The Morgan fingerprint density at radius 1 is 1.11 bits per heavy atom. The average Bonchev–Trinajstić information content (AvgIpc) is 3.24. The van der Waals surface area contributed by atoms with E-state index in [1.807, 2.05) is 37.4 Å². The molecule has 0 N–H and O–H groups in total. The maximum absolute atomic E-state index is 13.0. The van der Waals surface area contributed by atoms with E-state index in [4.69, 9.17) is 0 Å². The number of thioether (sulfide) groups is 1. The van der Waals surface area contributed by atoms with E-state index in [1.54, 1.807) is 35.8 Å². The summed E-state index contributed by atoms with van der Waals surface area (Å²) in [5.74, 6) is -0.176. The van der Waals surface area contributed by atoms with Gasteiger partial charge < -0.3 is 4.90 Å². The molecule has 7 heteroatoms. The van der Waals surface area contributed by atoms with Crippen molar-refractivity contribution in [2.45, 2.75) is 36.1 Å². The molecule has 0 saturated carbocycles. The molecule has 1 aliphatic rings. The second-order valence-electron chi connectivity index (χ2n) is 7.10. The van der Waals surface area contributed by atoms with E-state index in [0.29, 0.717) is 25.2 Å². The highest BCUT2D eigenvalue weighted by Crippen LogP contribution is 2.24. The van der Waals surface area contributed by atoms with E-state index < -0.39 is 10.0 Å². The van der Waals surface area contributed by atoms with Gasteiger partial charge in [0, 0.05) is 37.1 Å². The van der Waals surface area contributed by atoms with E-state index >= 15 is 0 Å². The Kier molecular flexibility index (Phi) is 6.47. The number of hydrogen-bond acceptors (Lipinski definition) is 4. The van der Waals surface area contributed by atoms with Gasteiger partial charge in [-0.1, -0.05) is 18.2 Å². The largest absolute Gasteiger partial charge is 0.337 e. The number of sulfonamides is 1. The van der Waals surface area contributed by atoms with Crippen LogP contribution in [0.3, 0.4) is 0 Å². The molecular weight excluding hydrogens is 392 g/mol. The number of aryl methyl sites for hydroxylation is 1. The Morgan fingerprint density at radius 3 is 2.36 bits per heavy atom. The van der Waals surface area contributed by atoms with Crippen LogP contribution in [0.1, 0.15) is 34.3 Å². The Labute approximate surface area is 171 Å². The van der Waals surface area contributed by atoms with Crippen molar-refractivity contribution in [1.29, 1.82) is 0 Å². The highest BCUT2D eigenvalue weighted by atomic mass is 32.2. The monoisotopic (exact) mass is 418 g/mol. The topological polar surface area (TPSA) is 57.7 Å². The fraction of sp³-hybridized carbons (Fsp3) is 0.381. The normalized spacial score (nSPS) is 15.0. The van der Waals surface area contributed by atoms with E-state index in [9.17, 15) is 13.2 Å². The minimum atomic E-state index is -3.54. The molecule has 0 aliphatic carbocycles. The zero-order chi connectivity index (χ0) is 20.3. The predicted octanol–water partition coefficient (Wildman–Crippen LogP) is 3.77. The predicted molar refractivity (Wildman–Crippen MR) is 113 cm³/mol. The van der Waals surface area contributed by atoms with Crippen LogP contribution in [0.5, 0.6) is 0 Å². The number of amides is 1. The molecule has 1 heterocycles. The van der Waals surface area contributed by atoms with E-state index in [-0.39, 0.29) is 10.8 Å². The number of carbonyl (C=O) groups is 1. The van der Waals surface area contributed by atoms with Crippen molar-refractivity contribution in [2.24, 2.45) is 0 Å². The molecule has 28 heavy (non-hydrogen) atoms. The fourth-order valence-corrected chi connectivity index (χ4v) is 5.30. The maximum Gasteiger partial charge on any atom is 0.254 e. The second-order valence-corrected chi connectivity index (χ2v) is 9.91. The Balaban J connectivity index is 1.82. The summed E-state index contributed by atoms with van der Waals surface area (Å²) >= 11 is 1.67. The van der Waals surface area contributed by atoms with Crippen molar-refractivity contribution < 1.29 is 13.2 Å². The molecule has 150 valence electrons. The lowest BCUT2D eigenvalue weighted by atomic mass is 10.1. The quantitative estimate of drug-likeness (QED) is 0.670. The van der Waals surface area contributed by atoms with Gasteiger partial charge in [0.15, 0.2) is 0 Å². The van der Waals surface area contributed by atoms with Crippen LogP contribution < -0.4 is 0 Å². The zero-order valence-electron chi connectivity index (χ0n) is 16.5. The van der Waals surface area contributed by atoms with E-state index in [2.05, 4.69) is 0 Å². The molecule has 2 aromatic rings. The summed E-state index contributed by atoms with van der Waals surface area (Å²) in [4.78, 5) is 16.0. The third-order valence-electron chi connectivity index (χ3n) is 5.07. The molecule has 5 nitrogen and oxygen atoms in total.